The Balaban J connectivity index is 4.23. The van der Waals surface area contributed by atoms with Gasteiger partial charge in [0.15, 0.2) is 0 Å². The molecule has 7 nitrogen and oxygen atoms in total. The maximum atomic E-state index is 12.9. The van der Waals surface area contributed by atoms with E-state index in [1.165, 1.54) is 128 Å². The van der Waals surface area contributed by atoms with Crippen molar-refractivity contribution in [2.24, 2.45) is 11.3 Å². The van der Waals surface area contributed by atoms with Crippen molar-refractivity contribution in [3.63, 3.8) is 0 Å². The molecule has 0 fully saturated rings. The Bertz CT molecular complexity index is 791. The average Bonchev–Trinajstić information content (AvgIpc) is 3.15. The van der Waals surface area contributed by atoms with Crippen molar-refractivity contribution in [2.75, 3.05) is 46.1 Å². The Morgan fingerprint density at radius 1 is 0.519 bits per heavy atom. The van der Waals surface area contributed by atoms with Crippen molar-refractivity contribution in [1.82, 2.24) is 4.90 Å². The first kappa shape index (κ1) is 52.7. The zero-order valence-corrected chi connectivity index (χ0v) is 36.9. The lowest BCUT2D eigenvalue weighted by atomic mass is 9.87. The summed E-state index contributed by atoms with van der Waals surface area (Å²) in [5.41, 5.74) is -0.0000337. The lowest BCUT2D eigenvalue weighted by Crippen LogP contribution is -2.27. The van der Waals surface area contributed by atoms with E-state index in [2.05, 4.69) is 39.5 Å². The highest BCUT2D eigenvalue weighted by Gasteiger charge is 2.22. The maximum Gasteiger partial charge on any atom is 0.508 e. The lowest BCUT2D eigenvalue weighted by molar-refractivity contribution is -0.148. The highest BCUT2D eigenvalue weighted by Crippen LogP contribution is 2.26. The fourth-order valence-corrected chi connectivity index (χ4v) is 7.34. The number of hydrogen-bond donors (Lipinski definition) is 1. The smallest absolute Gasteiger partial charge is 0.465 e. The number of carbonyl (C=O) groups excluding carboxylic acids is 2. The van der Waals surface area contributed by atoms with E-state index < -0.39 is 6.16 Å². The zero-order chi connectivity index (χ0) is 39.8. The van der Waals surface area contributed by atoms with Gasteiger partial charge in [-0.25, -0.2) is 4.79 Å². The summed E-state index contributed by atoms with van der Waals surface area (Å²) in [5, 5.41) is 9.30. The molecule has 0 aromatic rings. The standard InChI is InChI=1S/C47H93NO6/c1-6-9-12-15-16-17-21-31-40-52-46(51)53-41-32-22-20-27-36-48(38-29-30-39-49)37-28-23-26-35-47(4,5)43-54-45(50)42-44(33-24-18-13-10-7-2)34-25-19-14-11-8-3/h44,49H,6-43H2,1-5H3. The van der Waals surface area contributed by atoms with E-state index in [0.29, 0.717) is 32.2 Å². The molecule has 0 aromatic heterocycles. The molecule has 0 heterocycles. The summed E-state index contributed by atoms with van der Waals surface area (Å²) in [4.78, 5) is 27.4. The van der Waals surface area contributed by atoms with Crippen LogP contribution in [0.5, 0.6) is 0 Å². The summed E-state index contributed by atoms with van der Waals surface area (Å²) in [6, 6.07) is 0. The second-order valence-electron chi connectivity index (χ2n) is 17.2. The first-order valence-corrected chi connectivity index (χ1v) is 23.6. The third kappa shape index (κ3) is 37.6. The average molecular weight is 768 g/mol. The number of nitrogens with zero attached hydrogens (tertiary/aromatic N) is 1. The maximum absolute atomic E-state index is 12.9. The number of rotatable bonds is 42. The number of aliphatic hydroxyl groups is 1. The van der Waals surface area contributed by atoms with Gasteiger partial charge in [0.2, 0.25) is 0 Å². The molecule has 0 saturated heterocycles. The number of unbranched alkanes of at least 4 members (excludes halogenated alkanes) is 21. The van der Waals surface area contributed by atoms with Gasteiger partial charge in [-0.1, -0.05) is 169 Å². The molecule has 0 aromatic carbocycles. The predicted octanol–water partition coefficient (Wildman–Crippen LogP) is 13.8. The fourth-order valence-electron chi connectivity index (χ4n) is 7.34. The third-order valence-electron chi connectivity index (χ3n) is 11.0. The van der Waals surface area contributed by atoms with Gasteiger partial charge in [-0.15, -0.1) is 0 Å². The molecule has 0 bridgehead atoms. The van der Waals surface area contributed by atoms with Crippen LogP contribution in [0.4, 0.5) is 4.79 Å². The van der Waals surface area contributed by atoms with Crippen LogP contribution in [-0.2, 0) is 19.0 Å². The van der Waals surface area contributed by atoms with Gasteiger partial charge in [0, 0.05) is 13.0 Å². The molecule has 0 rings (SSSR count). The van der Waals surface area contributed by atoms with Crippen LogP contribution in [0.2, 0.25) is 0 Å². The van der Waals surface area contributed by atoms with Gasteiger partial charge in [0.25, 0.3) is 0 Å². The van der Waals surface area contributed by atoms with Crippen molar-refractivity contribution >= 4 is 12.1 Å². The summed E-state index contributed by atoms with van der Waals surface area (Å²) >= 11 is 0. The molecule has 0 radical (unpaired) electrons. The fraction of sp³-hybridized carbons (Fsp3) is 0.957. The van der Waals surface area contributed by atoms with E-state index in [-0.39, 0.29) is 18.0 Å². The van der Waals surface area contributed by atoms with E-state index in [0.717, 1.165) is 83.8 Å². The molecule has 0 aliphatic heterocycles. The SMILES string of the molecule is CCCCCCCCCCOC(=O)OCCCCCCN(CCCCO)CCCCCC(C)(C)COC(=O)CC(CCCCCCC)CCCCCCC. The lowest BCUT2D eigenvalue weighted by Gasteiger charge is -2.25. The van der Waals surface area contributed by atoms with Crippen LogP contribution in [-0.4, -0.2) is 68.2 Å². The Morgan fingerprint density at radius 2 is 0.926 bits per heavy atom. The molecule has 0 aliphatic carbocycles. The van der Waals surface area contributed by atoms with E-state index >= 15 is 0 Å². The van der Waals surface area contributed by atoms with Crippen molar-refractivity contribution in [3.05, 3.63) is 0 Å². The second kappa shape index (κ2) is 39.9. The molecule has 0 amide bonds. The van der Waals surface area contributed by atoms with Gasteiger partial charge in [-0.05, 0) is 88.8 Å². The summed E-state index contributed by atoms with van der Waals surface area (Å²) in [6.07, 6.45) is 35.7. The van der Waals surface area contributed by atoms with Crippen LogP contribution >= 0.6 is 0 Å². The van der Waals surface area contributed by atoms with Gasteiger partial charge in [-0.2, -0.15) is 0 Å². The monoisotopic (exact) mass is 768 g/mol. The van der Waals surface area contributed by atoms with E-state index in [9.17, 15) is 14.7 Å². The quantitative estimate of drug-likeness (QED) is 0.0489. The number of hydrogen-bond acceptors (Lipinski definition) is 7. The topological polar surface area (TPSA) is 85.3 Å². The van der Waals surface area contributed by atoms with Gasteiger partial charge in [0.1, 0.15) is 0 Å². The molecule has 0 atom stereocenters. The largest absolute Gasteiger partial charge is 0.508 e. The van der Waals surface area contributed by atoms with E-state index in [4.69, 9.17) is 14.2 Å². The summed E-state index contributed by atoms with van der Waals surface area (Å²) < 4.78 is 16.4. The third-order valence-corrected chi connectivity index (χ3v) is 11.0. The van der Waals surface area contributed by atoms with Crippen molar-refractivity contribution in [1.29, 1.82) is 0 Å². The molecule has 322 valence electrons. The molecule has 0 saturated carbocycles. The van der Waals surface area contributed by atoms with Gasteiger partial charge >= 0.3 is 12.1 Å². The van der Waals surface area contributed by atoms with Crippen LogP contribution < -0.4 is 0 Å². The van der Waals surface area contributed by atoms with Gasteiger partial charge < -0.3 is 24.2 Å². The predicted molar refractivity (Wildman–Crippen MR) is 229 cm³/mol. The Morgan fingerprint density at radius 3 is 1.41 bits per heavy atom. The molecule has 0 aliphatic rings. The minimum atomic E-state index is -0.520. The van der Waals surface area contributed by atoms with Gasteiger partial charge in [0.05, 0.1) is 19.8 Å². The van der Waals surface area contributed by atoms with Gasteiger partial charge in [-0.3, -0.25) is 4.79 Å². The van der Waals surface area contributed by atoms with Crippen LogP contribution in [0.3, 0.4) is 0 Å². The Labute approximate surface area is 336 Å². The van der Waals surface area contributed by atoms with Crippen molar-refractivity contribution in [2.45, 2.75) is 234 Å². The minimum Gasteiger partial charge on any atom is -0.465 e. The summed E-state index contributed by atoms with van der Waals surface area (Å²) in [5.74, 6) is 0.483. The molecular weight excluding hydrogens is 675 g/mol. The van der Waals surface area contributed by atoms with Crippen LogP contribution in [0.25, 0.3) is 0 Å². The first-order chi connectivity index (χ1) is 26.3. The molecule has 0 spiro atoms. The second-order valence-corrected chi connectivity index (χ2v) is 17.2. The number of aliphatic hydroxyl groups excluding tert-OH is 1. The highest BCUT2D eigenvalue weighted by atomic mass is 16.7. The Hall–Kier alpha value is -1.34. The number of ether oxygens (including phenoxy) is 3. The van der Waals surface area contributed by atoms with Crippen LogP contribution in [0.1, 0.15) is 234 Å². The van der Waals surface area contributed by atoms with E-state index in [1.807, 2.05) is 0 Å². The van der Waals surface area contributed by atoms with Crippen molar-refractivity contribution in [3.8, 4) is 0 Å². The Kier molecular flexibility index (Phi) is 38.9. The minimum absolute atomic E-state index is 0.0000337. The molecular formula is C47H93NO6. The van der Waals surface area contributed by atoms with Crippen LogP contribution in [0.15, 0.2) is 0 Å². The summed E-state index contributed by atoms with van der Waals surface area (Å²) in [7, 11) is 0. The van der Waals surface area contributed by atoms with E-state index in [1.54, 1.807) is 0 Å². The number of carbonyl (C=O) groups is 2. The summed E-state index contributed by atoms with van der Waals surface area (Å²) in [6.45, 7) is 16.1. The first-order valence-electron chi connectivity index (χ1n) is 23.6. The molecule has 1 N–H and O–H groups in total. The number of esters is 1. The molecule has 54 heavy (non-hydrogen) atoms. The van der Waals surface area contributed by atoms with Crippen molar-refractivity contribution < 1.29 is 28.9 Å². The zero-order valence-electron chi connectivity index (χ0n) is 36.9. The van der Waals surface area contributed by atoms with Crippen LogP contribution in [0, 0.1) is 11.3 Å². The highest BCUT2D eigenvalue weighted by molar-refractivity contribution is 5.69. The molecule has 7 heteroatoms. The normalized spacial score (nSPS) is 11.9. The molecule has 0 unspecified atom stereocenters.